The first-order valence-corrected chi connectivity index (χ1v) is 6.46. The van der Waals surface area contributed by atoms with Gasteiger partial charge in [0, 0.05) is 17.6 Å². The second-order valence-electron chi connectivity index (χ2n) is 4.74. The van der Waals surface area contributed by atoms with E-state index in [2.05, 4.69) is 15.4 Å². The van der Waals surface area contributed by atoms with E-state index in [1.165, 1.54) is 6.07 Å². The van der Waals surface area contributed by atoms with Gasteiger partial charge in [0.2, 0.25) is 5.91 Å². The molecular formula is C14H20F2N2O2. The first kappa shape index (κ1) is 16.4. The molecule has 0 bridgehead atoms. The zero-order valence-corrected chi connectivity index (χ0v) is 11.8. The van der Waals surface area contributed by atoms with Gasteiger partial charge in [-0.05, 0) is 26.8 Å². The topological polar surface area (TPSA) is 50.4 Å². The minimum atomic E-state index is -2.87. The number of halogens is 2. The Kier molecular flexibility index (Phi) is 6.38. The van der Waals surface area contributed by atoms with Crippen LogP contribution in [0.2, 0.25) is 0 Å². The van der Waals surface area contributed by atoms with Crippen LogP contribution in [0.1, 0.15) is 32.4 Å². The fraction of sp³-hybridized carbons (Fsp3) is 0.500. The molecule has 0 aromatic heterocycles. The molecule has 112 valence electrons. The normalized spacial score (nSPS) is 12.6. The molecule has 0 aliphatic heterocycles. The van der Waals surface area contributed by atoms with Crippen LogP contribution in [0, 0.1) is 0 Å². The monoisotopic (exact) mass is 286 g/mol. The van der Waals surface area contributed by atoms with Crippen molar-refractivity contribution in [3.63, 3.8) is 0 Å². The van der Waals surface area contributed by atoms with Gasteiger partial charge in [0.1, 0.15) is 5.75 Å². The third-order valence-corrected chi connectivity index (χ3v) is 2.62. The van der Waals surface area contributed by atoms with E-state index in [0.717, 1.165) is 0 Å². The Balaban J connectivity index is 2.63. The van der Waals surface area contributed by atoms with Crippen molar-refractivity contribution in [1.29, 1.82) is 0 Å². The highest BCUT2D eigenvalue weighted by Crippen LogP contribution is 2.25. The highest BCUT2D eigenvalue weighted by Gasteiger charge is 2.15. The van der Waals surface area contributed by atoms with Crippen LogP contribution < -0.4 is 15.4 Å². The maximum atomic E-state index is 12.3. The summed E-state index contributed by atoms with van der Waals surface area (Å²) >= 11 is 0. The molecule has 0 radical (unpaired) electrons. The quantitative estimate of drug-likeness (QED) is 0.809. The summed E-state index contributed by atoms with van der Waals surface area (Å²) in [5.74, 6) is -0.0223. The highest BCUT2D eigenvalue weighted by molar-refractivity contribution is 5.78. The third kappa shape index (κ3) is 5.52. The smallest absolute Gasteiger partial charge is 0.387 e. The van der Waals surface area contributed by atoms with E-state index < -0.39 is 6.61 Å². The van der Waals surface area contributed by atoms with Gasteiger partial charge in [0.05, 0.1) is 6.54 Å². The van der Waals surface area contributed by atoms with Crippen molar-refractivity contribution in [2.75, 3.05) is 6.54 Å². The van der Waals surface area contributed by atoms with Crippen LogP contribution in [0.4, 0.5) is 8.78 Å². The molecule has 1 amide bonds. The zero-order chi connectivity index (χ0) is 15.1. The summed E-state index contributed by atoms with van der Waals surface area (Å²) in [4.78, 5) is 11.5. The second-order valence-corrected chi connectivity index (χ2v) is 4.74. The lowest BCUT2D eigenvalue weighted by Gasteiger charge is -2.18. The Morgan fingerprint density at radius 2 is 1.90 bits per heavy atom. The SMILES string of the molecule is CC(C)NC(=O)CNC(C)c1ccccc1OC(F)F. The van der Waals surface area contributed by atoms with Crippen molar-refractivity contribution in [2.24, 2.45) is 0 Å². The Bertz CT molecular complexity index is 439. The number of nitrogens with one attached hydrogen (secondary N) is 2. The van der Waals surface area contributed by atoms with Crippen molar-refractivity contribution in [2.45, 2.75) is 39.5 Å². The average molecular weight is 286 g/mol. The molecule has 0 heterocycles. The summed E-state index contributed by atoms with van der Waals surface area (Å²) in [5.41, 5.74) is 0.588. The van der Waals surface area contributed by atoms with Gasteiger partial charge in [-0.1, -0.05) is 18.2 Å². The summed E-state index contributed by atoms with van der Waals surface area (Å²) in [6.07, 6.45) is 0. The van der Waals surface area contributed by atoms with Crippen LogP contribution in [0.15, 0.2) is 24.3 Å². The number of amides is 1. The fourth-order valence-corrected chi connectivity index (χ4v) is 1.77. The number of benzene rings is 1. The number of ether oxygens (including phenoxy) is 1. The van der Waals surface area contributed by atoms with Crippen molar-refractivity contribution >= 4 is 5.91 Å². The first-order chi connectivity index (χ1) is 9.40. The lowest BCUT2D eigenvalue weighted by Crippen LogP contribution is -2.38. The molecule has 0 fully saturated rings. The standard InChI is InChI=1S/C14H20F2N2O2/c1-9(2)18-13(19)8-17-10(3)11-6-4-5-7-12(11)20-14(15)16/h4-7,9-10,14,17H,8H2,1-3H3,(H,18,19). The van der Waals surface area contributed by atoms with E-state index in [-0.39, 0.29) is 30.3 Å². The summed E-state index contributed by atoms with van der Waals surface area (Å²) < 4.78 is 29.1. The highest BCUT2D eigenvalue weighted by atomic mass is 19.3. The van der Waals surface area contributed by atoms with Crippen molar-refractivity contribution in [1.82, 2.24) is 10.6 Å². The molecule has 0 saturated heterocycles. The molecule has 1 unspecified atom stereocenters. The molecule has 0 aliphatic rings. The lowest BCUT2D eigenvalue weighted by molar-refractivity contribution is -0.120. The van der Waals surface area contributed by atoms with Crippen LogP contribution >= 0.6 is 0 Å². The molecular weight excluding hydrogens is 266 g/mol. The minimum Gasteiger partial charge on any atom is -0.434 e. The van der Waals surface area contributed by atoms with Crippen molar-refractivity contribution < 1.29 is 18.3 Å². The van der Waals surface area contributed by atoms with Crippen LogP contribution in [-0.4, -0.2) is 25.1 Å². The molecule has 0 aliphatic carbocycles. The Hall–Kier alpha value is -1.69. The fourth-order valence-electron chi connectivity index (χ4n) is 1.77. The number of hydrogen-bond donors (Lipinski definition) is 2. The van der Waals surface area contributed by atoms with Crippen LogP contribution in [-0.2, 0) is 4.79 Å². The molecule has 0 saturated carbocycles. The van der Waals surface area contributed by atoms with Crippen molar-refractivity contribution in [3.8, 4) is 5.75 Å². The largest absolute Gasteiger partial charge is 0.434 e. The third-order valence-electron chi connectivity index (χ3n) is 2.62. The minimum absolute atomic E-state index is 0.0639. The predicted molar refractivity (Wildman–Crippen MR) is 72.8 cm³/mol. The van der Waals surface area contributed by atoms with Gasteiger partial charge in [-0.2, -0.15) is 8.78 Å². The summed E-state index contributed by atoms with van der Waals surface area (Å²) in [6, 6.07) is 6.32. The van der Waals surface area contributed by atoms with Gasteiger partial charge >= 0.3 is 6.61 Å². The molecule has 1 atom stereocenters. The molecule has 6 heteroatoms. The number of hydrogen-bond acceptors (Lipinski definition) is 3. The zero-order valence-electron chi connectivity index (χ0n) is 11.8. The van der Waals surface area contributed by atoms with E-state index >= 15 is 0 Å². The maximum Gasteiger partial charge on any atom is 0.387 e. The molecule has 1 aromatic rings. The number of carbonyl (C=O) groups excluding carboxylic acids is 1. The van der Waals surface area contributed by atoms with Gasteiger partial charge in [-0.15, -0.1) is 0 Å². The lowest BCUT2D eigenvalue weighted by atomic mass is 10.1. The molecule has 0 spiro atoms. The molecule has 4 nitrogen and oxygen atoms in total. The maximum absolute atomic E-state index is 12.3. The van der Waals surface area contributed by atoms with Gasteiger partial charge in [-0.3, -0.25) is 4.79 Å². The molecule has 1 aromatic carbocycles. The van der Waals surface area contributed by atoms with Crippen LogP contribution in [0.25, 0.3) is 0 Å². The Morgan fingerprint density at radius 1 is 1.25 bits per heavy atom. The Labute approximate surface area is 117 Å². The van der Waals surface area contributed by atoms with Gasteiger partial charge in [0.15, 0.2) is 0 Å². The molecule has 2 N–H and O–H groups in total. The second kappa shape index (κ2) is 7.79. The molecule has 1 rings (SSSR count). The van der Waals surface area contributed by atoms with Crippen LogP contribution in [0.5, 0.6) is 5.75 Å². The number of rotatable bonds is 7. The average Bonchev–Trinajstić information content (AvgIpc) is 2.35. The van der Waals surface area contributed by atoms with E-state index in [9.17, 15) is 13.6 Å². The predicted octanol–water partition coefficient (Wildman–Crippen LogP) is 2.46. The van der Waals surface area contributed by atoms with Gasteiger partial charge < -0.3 is 15.4 Å². The van der Waals surface area contributed by atoms with E-state index in [1.807, 2.05) is 13.8 Å². The van der Waals surface area contributed by atoms with E-state index in [1.54, 1.807) is 25.1 Å². The Morgan fingerprint density at radius 3 is 2.50 bits per heavy atom. The molecule has 20 heavy (non-hydrogen) atoms. The number of alkyl halides is 2. The van der Waals surface area contributed by atoms with Crippen LogP contribution in [0.3, 0.4) is 0 Å². The van der Waals surface area contributed by atoms with E-state index in [0.29, 0.717) is 5.56 Å². The van der Waals surface area contributed by atoms with Gasteiger partial charge in [-0.25, -0.2) is 0 Å². The summed E-state index contributed by atoms with van der Waals surface area (Å²) in [7, 11) is 0. The van der Waals surface area contributed by atoms with E-state index in [4.69, 9.17) is 0 Å². The van der Waals surface area contributed by atoms with Crippen molar-refractivity contribution in [3.05, 3.63) is 29.8 Å². The first-order valence-electron chi connectivity index (χ1n) is 6.46. The number of para-hydroxylation sites is 1. The summed E-state index contributed by atoms with van der Waals surface area (Å²) in [5, 5.41) is 5.72. The number of carbonyl (C=O) groups is 1. The summed E-state index contributed by atoms with van der Waals surface area (Å²) in [6.45, 7) is 2.77. The van der Waals surface area contributed by atoms with Gasteiger partial charge in [0.25, 0.3) is 0 Å².